The lowest BCUT2D eigenvalue weighted by Gasteiger charge is -2.21. The first-order valence-corrected chi connectivity index (χ1v) is 6.51. The number of rotatable bonds is 7. The summed E-state index contributed by atoms with van der Waals surface area (Å²) in [6, 6.07) is 8.21. The van der Waals surface area contributed by atoms with Gasteiger partial charge in [-0.1, -0.05) is 24.3 Å². The highest BCUT2D eigenvalue weighted by Crippen LogP contribution is 2.10. The SMILES string of the molecule is COC(=O)CCC(O)CN(C)Cc1ccccc1C. The number of hydrogen-bond donors (Lipinski definition) is 1. The van der Waals surface area contributed by atoms with E-state index in [1.165, 1.54) is 18.2 Å². The van der Waals surface area contributed by atoms with Crippen LogP contribution in [0.1, 0.15) is 24.0 Å². The highest BCUT2D eigenvalue weighted by atomic mass is 16.5. The van der Waals surface area contributed by atoms with E-state index in [9.17, 15) is 9.90 Å². The van der Waals surface area contributed by atoms with Crippen LogP contribution < -0.4 is 0 Å². The zero-order valence-electron chi connectivity index (χ0n) is 11.9. The maximum absolute atomic E-state index is 11.0. The second-order valence-corrected chi connectivity index (χ2v) is 4.89. The molecule has 1 N–H and O–H groups in total. The van der Waals surface area contributed by atoms with E-state index in [4.69, 9.17) is 0 Å². The molecule has 4 nitrogen and oxygen atoms in total. The number of hydrogen-bond acceptors (Lipinski definition) is 4. The number of methoxy groups -OCH3 is 1. The van der Waals surface area contributed by atoms with Crippen molar-refractivity contribution < 1.29 is 14.6 Å². The summed E-state index contributed by atoms with van der Waals surface area (Å²) >= 11 is 0. The molecule has 4 heteroatoms. The van der Waals surface area contributed by atoms with Gasteiger partial charge in [-0.15, -0.1) is 0 Å². The average Bonchev–Trinajstić information content (AvgIpc) is 2.38. The molecule has 0 aliphatic heterocycles. The van der Waals surface area contributed by atoms with E-state index in [1.807, 2.05) is 19.2 Å². The zero-order chi connectivity index (χ0) is 14.3. The van der Waals surface area contributed by atoms with Crippen molar-refractivity contribution >= 4 is 5.97 Å². The Morgan fingerprint density at radius 1 is 1.42 bits per heavy atom. The van der Waals surface area contributed by atoms with Crippen molar-refractivity contribution in [2.75, 3.05) is 20.7 Å². The molecule has 0 saturated heterocycles. The third-order valence-electron chi connectivity index (χ3n) is 3.13. The number of carbonyl (C=O) groups excluding carboxylic acids is 1. The van der Waals surface area contributed by atoms with Gasteiger partial charge in [-0.2, -0.15) is 0 Å². The molecule has 0 spiro atoms. The number of esters is 1. The molecule has 0 radical (unpaired) electrons. The smallest absolute Gasteiger partial charge is 0.305 e. The van der Waals surface area contributed by atoms with Gasteiger partial charge < -0.3 is 9.84 Å². The van der Waals surface area contributed by atoms with Crippen molar-refractivity contribution in [2.45, 2.75) is 32.4 Å². The molecule has 0 bridgehead atoms. The molecule has 0 aliphatic carbocycles. The van der Waals surface area contributed by atoms with Crippen LogP contribution in [0.3, 0.4) is 0 Å². The fourth-order valence-electron chi connectivity index (χ4n) is 1.98. The lowest BCUT2D eigenvalue weighted by molar-refractivity contribution is -0.141. The molecule has 0 heterocycles. The number of nitrogens with zero attached hydrogens (tertiary/aromatic N) is 1. The van der Waals surface area contributed by atoms with Crippen molar-refractivity contribution in [3.63, 3.8) is 0 Å². The molecular formula is C15H23NO3. The highest BCUT2D eigenvalue weighted by molar-refractivity contribution is 5.69. The van der Waals surface area contributed by atoms with E-state index in [0.717, 1.165) is 6.54 Å². The van der Waals surface area contributed by atoms with E-state index >= 15 is 0 Å². The summed E-state index contributed by atoms with van der Waals surface area (Å²) in [6.07, 6.45) is 0.189. The topological polar surface area (TPSA) is 49.8 Å². The Bertz CT molecular complexity index is 406. The summed E-state index contributed by atoms with van der Waals surface area (Å²) in [5.74, 6) is -0.277. The maximum Gasteiger partial charge on any atom is 0.305 e. The van der Waals surface area contributed by atoms with E-state index in [0.29, 0.717) is 13.0 Å². The molecule has 0 fully saturated rings. The number of aliphatic hydroxyl groups is 1. The number of aryl methyl sites for hydroxylation is 1. The van der Waals surface area contributed by atoms with Crippen molar-refractivity contribution in [1.82, 2.24) is 4.90 Å². The summed E-state index contributed by atoms with van der Waals surface area (Å²) in [5, 5.41) is 9.86. The Morgan fingerprint density at radius 3 is 2.74 bits per heavy atom. The minimum Gasteiger partial charge on any atom is -0.469 e. The Balaban J connectivity index is 2.36. The molecule has 1 rings (SSSR count). The third kappa shape index (κ3) is 5.85. The third-order valence-corrected chi connectivity index (χ3v) is 3.13. The Hall–Kier alpha value is -1.39. The number of ether oxygens (including phenoxy) is 1. The molecule has 1 atom stereocenters. The van der Waals surface area contributed by atoms with Crippen LogP contribution in [0.4, 0.5) is 0 Å². The normalized spacial score (nSPS) is 12.5. The van der Waals surface area contributed by atoms with Gasteiger partial charge in [-0.25, -0.2) is 0 Å². The van der Waals surface area contributed by atoms with Crippen LogP contribution in [0.2, 0.25) is 0 Å². The molecule has 106 valence electrons. The minimum atomic E-state index is -0.506. The van der Waals surface area contributed by atoms with Gasteiger partial charge in [0.2, 0.25) is 0 Å². The van der Waals surface area contributed by atoms with Gasteiger partial charge in [0.05, 0.1) is 13.2 Å². The van der Waals surface area contributed by atoms with E-state index < -0.39 is 6.10 Å². The summed E-state index contributed by atoms with van der Waals surface area (Å²) in [6.45, 7) is 3.42. The minimum absolute atomic E-state index is 0.260. The molecule has 0 amide bonds. The van der Waals surface area contributed by atoms with Gasteiger partial charge in [0.1, 0.15) is 0 Å². The highest BCUT2D eigenvalue weighted by Gasteiger charge is 2.11. The van der Waals surface area contributed by atoms with Crippen LogP contribution in [0.25, 0.3) is 0 Å². The molecule has 1 aromatic carbocycles. The van der Waals surface area contributed by atoms with Crippen molar-refractivity contribution in [3.8, 4) is 0 Å². The molecule has 19 heavy (non-hydrogen) atoms. The van der Waals surface area contributed by atoms with Crippen LogP contribution in [0.5, 0.6) is 0 Å². The summed E-state index contributed by atoms with van der Waals surface area (Å²) in [7, 11) is 3.33. The van der Waals surface area contributed by atoms with E-state index in [-0.39, 0.29) is 12.4 Å². The van der Waals surface area contributed by atoms with Crippen molar-refractivity contribution in [1.29, 1.82) is 0 Å². The first-order chi connectivity index (χ1) is 9.02. The fraction of sp³-hybridized carbons (Fsp3) is 0.533. The Morgan fingerprint density at radius 2 is 2.11 bits per heavy atom. The largest absolute Gasteiger partial charge is 0.469 e. The van der Waals surface area contributed by atoms with Crippen LogP contribution in [-0.4, -0.2) is 42.8 Å². The number of likely N-dealkylation sites (N-methyl/N-ethyl adjacent to an activating group) is 1. The van der Waals surface area contributed by atoms with Gasteiger partial charge >= 0.3 is 5.97 Å². The van der Waals surface area contributed by atoms with Gasteiger partial charge in [-0.3, -0.25) is 9.69 Å². The maximum atomic E-state index is 11.0. The van der Waals surface area contributed by atoms with Crippen molar-refractivity contribution in [2.24, 2.45) is 0 Å². The zero-order valence-corrected chi connectivity index (χ0v) is 11.9. The summed E-state index contributed by atoms with van der Waals surface area (Å²) in [5.41, 5.74) is 2.50. The fourth-order valence-corrected chi connectivity index (χ4v) is 1.98. The van der Waals surface area contributed by atoms with Crippen molar-refractivity contribution in [3.05, 3.63) is 35.4 Å². The van der Waals surface area contributed by atoms with Gasteiger partial charge in [0.25, 0.3) is 0 Å². The van der Waals surface area contributed by atoms with E-state index in [2.05, 4.69) is 28.7 Å². The van der Waals surface area contributed by atoms with Gasteiger partial charge in [-0.05, 0) is 31.5 Å². The van der Waals surface area contributed by atoms with Crippen LogP contribution in [0.15, 0.2) is 24.3 Å². The predicted octanol–water partition coefficient (Wildman–Crippen LogP) is 1.74. The van der Waals surface area contributed by atoms with E-state index in [1.54, 1.807) is 0 Å². The Kier molecular flexibility index (Phi) is 6.53. The molecule has 0 aromatic heterocycles. The molecule has 1 aromatic rings. The lowest BCUT2D eigenvalue weighted by atomic mass is 10.1. The average molecular weight is 265 g/mol. The van der Waals surface area contributed by atoms with Crippen LogP contribution in [-0.2, 0) is 16.1 Å². The monoisotopic (exact) mass is 265 g/mol. The number of carbonyl (C=O) groups is 1. The second-order valence-electron chi connectivity index (χ2n) is 4.89. The predicted molar refractivity (Wildman–Crippen MR) is 74.8 cm³/mol. The second kappa shape index (κ2) is 7.92. The first-order valence-electron chi connectivity index (χ1n) is 6.51. The first kappa shape index (κ1) is 15.7. The number of aliphatic hydroxyl groups excluding tert-OH is 1. The lowest BCUT2D eigenvalue weighted by Crippen LogP contribution is -2.29. The number of benzene rings is 1. The standard InChI is InChI=1S/C15H23NO3/c1-12-6-4-5-7-13(12)10-16(2)11-14(17)8-9-15(18)19-3/h4-7,14,17H,8-11H2,1-3H3. The molecule has 1 unspecified atom stereocenters. The van der Waals surface area contributed by atoms with Gasteiger partial charge in [0.15, 0.2) is 0 Å². The molecule has 0 aliphatic rings. The van der Waals surface area contributed by atoms with Crippen LogP contribution >= 0.6 is 0 Å². The molecule has 0 saturated carbocycles. The summed E-state index contributed by atoms with van der Waals surface area (Å²) < 4.78 is 4.55. The van der Waals surface area contributed by atoms with Crippen LogP contribution in [0, 0.1) is 6.92 Å². The summed E-state index contributed by atoms with van der Waals surface area (Å²) in [4.78, 5) is 13.1. The Labute approximate surface area is 115 Å². The molecular weight excluding hydrogens is 242 g/mol. The quantitative estimate of drug-likeness (QED) is 0.763. The van der Waals surface area contributed by atoms with Gasteiger partial charge in [0, 0.05) is 19.5 Å².